The summed E-state index contributed by atoms with van der Waals surface area (Å²) in [5.41, 5.74) is 0. The van der Waals surface area contributed by atoms with Crippen molar-refractivity contribution in [1.82, 2.24) is 5.32 Å². The average Bonchev–Trinajstić information content (AvgIpc) is 2.00. The Kier molecular flexibility index (Phi) is 3.56. The highest BCUT2D eigenvalue weighted by molar-refractivity contribution is 6.25. The van der Waals surface area contributed by atoms with Crippen LogP contribution in [0.1, 0.15) is 32.6 Å². The van der Waals surface area contributed by atoms with Crippen LogP contribution in [0.25, 0.3) is 0 Å². The monoisotopic (exact) mass is 205 g/mol. The number of carbonyl (C=O) groups excluding carboxylic acids is 1. The Bertz CT molecular complexity index is 194. The fourth-order valence-electron chi connectivity index (χ4n) is 1.46. The van der Waals surface area contributed by atoms with Gasteiger partial charge >= 0.3 is 0 Å². The van der Waals surface area contributed by atoms with Crippen molar-refractivity contribution in [2.45, 2.75) is 37.6 Å². The number of carbonyl (C=O) groups is 1. The molecule has 1 aliphatic rings. The van der Waals surface area contributed by atoms with Crippen molar-refractivity contribution in [1.29, 1.82) is 0 Å². The molecule has 13 heavy (non-hydrogen) atoms. The Morgan fingerprint density at radius 2 is 2.31 bits per heavy atom. The molecular formula is C9H16ClNO2. The second-order valence-electron chi connectivity index (χ2n) is 3.55. The van der Waals surface area contributed by atoms with Gasteiger partial charge in [-0.25, -0.2) is 0 Å². The van der Waals surface area contributed by atoms with Gasteiger partial charge < -0.3 is 10.4 Å². The summed E-state index contributed by atoms with van der Waals surface area (Å²) in [5.74, 6) is 0.130. The minimum Gasteiger partial charge on any atom is -0.393 e. The van der Waals surface area contributed by atoms with Crippen molar-refractivity contribution in [3.8, 4) is 0 Å². The van der Waals surface area contributed by atoms with E-state index in [2.05, 4.69) is 5.32 Å². The predicted molar refractivity (Wildman–Crippen MR) is 51.4 cm³/mol. The highest BCUT2D eigenvalue weighted by Gasteiger charge is 2.40. The van der Waals surface area contributed by atoms with Crippen LogP contribution in [0.2, 0.25) is 0 Å². The highest BCUT2D eigenvalue weighted by Crippen LogP contribution is 2.38. The summed E-state index contributed by atoms with van der Waals surface area (Å²) in [6, 6.07) is 0. The number of hydrogen-bond donors (Lipinski definition) is 2. The number of alkyl halides is 1. The van der Waals surface area contributed by atoms with Crippen LogP contribution in [0.4, 0.5) is 0 Å². The number of rotatable bonds is 4. The van der Waals surface area contributed by atoms with Crippen LogP contribution in [-0.4, -0.2) is 22.6 Å². The summed E-state index contributed by atoms with van der Waals surface area (Å²) in [4.78, 5) is 10.2. The standard InChI is InChI=1S/C9H16ClNO2/c1-2-8(13)11-9(10,6-12)7-4-3-5-7/h7,12H,2-6H2,1H3,(H,11,13). The van der Waals surface area contributed by atoms with Crippen molar-refractivity contribution in [2.24, 2.45) is 5.92 Å². The summed E-state index contributed by atoms with van der Waals surface area (Å²) < 4.78 is 0. The summed E-state index contributed by atoms with van der Waals surface area (Å²) in [7, 11) is 0. The van der Waals surface area contributed by atoms with Crippen molar-refractivity contribution in [3.63, 3.8) is 0 Å². The zero-order valence-corrected chi connectivity index (χ0v) is 8.60. The lowest BCUT2D eigenvalue weighted by molar-refractivity contribution is -0.123. The van der Waals surface area contributed by atoms with E-state index in [4.69, 9.17) is 16.7 Å². The van der Waals surface area contributed by atoms with Crippen molar-refractivity contribution >= 4 is 17.5 Å². The first-order valence-corrected chi connectivity index (χ1v) is 5.11. The van der Waals surface area contributed by atoms with Crippen LogP contribution in [0.5, 0.6) is 0 Å². The summed E-state index contributed by atoms with van der Waals surface area (Å²) in [6.45, 7) is 1.58. The lowest BCUT2D eigenvalue weighted by Gasteiger charge is -2.40. The normalized spacial score (nSPS) is 21.8. The number of nitrogens with one attached hydrogen (secondary N) is 1. The molecule has 0 radical (unpaired) electrons. The number of hydrogen-bond acceptors (Lipinski definition) is 2. The third-order valence-corrected chi connectivity index (χ3v) is 3.17. The Balaban J connectivity index is 2.52. The summed E-state index contributed by atoms with van der Waals surface area (Å²) in [5, 5.41) is 11.8. The molecule has 1 unspecified atom stereocenters. The van der Waals surface area contributed by atoms with Gasteiger partial charge in [0, 0.05) is 6.42 Å². The van der Waals surface area contributed by atoms with E-state index >= 15 is 0 Å². The number of aliphatic hydroxyl groups is 1. The summed E-state index contributed by atoms with van der Waals surface area (Å²) >= 11 is 6.12. The minimum atomic E-state index is -0.911. The quantitative estimate of drug-likeness (QED) is 0.536. The Labute approximate surface area is 83.5 Å². The van der Waals surface area contributed by atoms with E-state index in [0.29, 0.717) is 6.42 Å². The molecule has 1 fully saturated rings. The molecule has 1 aliphatic carbocycles. The molecule has 0 spiro atoms. The minimum absolute atomic E-state index is 0.101. The Morgan fingerprint density at radius 1 is 1.69 bits per heavy atom. The first kappa shape index (κ1) is 10.8. The zero-order chi connectivity index (χ0) is 9.90. The molecule has 3 nitrogen and oxygen atoms in total. The van der Waals surface area contributed by atoms with E-state index in [1.54, 1.807) is 6.92 Å². The molecule has 0 aromatic rings. The molecule has 0 aromatic carbocycles. The van der Waals surface area contributed by atoms with Gasteiger partial charge in [0.15, 0.2) is 0 Å². The van der Waals surface area contributed by atoms with Gasteiger partial charge in [-0.05, 0) is 18.8 Å². The maximum absolute atomic E-state index is 11.1. The molecule has 76 valence electrons. The fraction of sp³-hybridized carbons (Fsp3) is 0.889. The van der Waals surface area contributed by atoms with E-state index in [1.165, 1.54) is 0 Å². The van der Waals surface area contributed by atoms with Gasteiger partial charge in [-0.15, -0.1) is 0 Å². The molecule has 1 atom stereocenters. The summed E-state index contributed by atoms with van der Waals surface area (Å²) in [6.07, 6.45) is 3.53. The fourth-order valence-corrected chi connectivity index (χ4v) is 1.78. The molecule has 0 aromatic heterocycles. The first-order valence-electron chi connectivity index (χ1n) is 4.73. The Morgan fingerprint density at radius 3 is 2.62 bits per heavy atom. The van der Waals surface area contributed by atoms with Crippen LogP contribution >= 0.6 is 11.6 Å². The lowest BCUT2D eigenvalue weighted by atomic mass is 9.79. The molecule has 1 rings (SSSR count). The van der Waals surface area contributed by atoms with Crippen LogP contribution in [-0.2, 0) is 4.79 Å². The molecule has 0 aliphatic heterocycles. The van der Waals surface area contributed by atoms with Crippen LogP contribution in [0.15, 0.2) is 0 Å². The third kappa shape index (κ3) is 2.35. The second-order valence-corrected chi connectivity index (χ2v) is 4.22. The predicted octanol–water partition coefficient (Wildman–Crippen LogP) is 1.24. The second kappa shape index (κ2) is 4.29. The van der Waals surface area contributed by atoms with E-state index in [-0.39, 0.29) is 18.4 Å². The van der Waals surface area contributed by atoms with Crippen molar-refractivity contribution in [2.75, 3.05) is 6.61 Å². The first-order chi connectivity index (χ1) is 6.12. The SMILES string of the molecule is CCC(=O)NC(Cl)(CO)C1CCC1. The number of amides is 1. The van der Waals surface area contributed by atoms with Gasteiger partial charge in [-0.3, -0.25) is 4.79 Å². The molecular weight excluding hydrogens is 190 g/mol. The van der Waals surface area contributed by atoms with Crippen LogP contribution in [0, 0.1) is 5.92 Å². The van der Waals surface area contributed by atoms with Gasteiger partial charge in [-0.2, -0.15) is 0 Å². The van der Waals surface area contributed by atoms with Crippen LogP contribution < -0.4 is 5.32 Å². The van der Waals surface area contributed by atoms with E-state index in [1.807, 2.05) is 0 Å². The highest BCUT2D eigenvalue weighted by atomic mass is 35.5. The molecule has 4 heteroatoms. The largest absolute Gasteiger partial charge is 0.393 e. The maximum atomic E-state index is 11.1. The smallest absolute Gasteiger partial charge is 0.221 e. The van der Waals surface area contributed by atoms with E-state index in [9.17, 15) is 4.79 Å². The Hall–Kier alpha value is -0.280. The third-order valence-electron chi connectivity index (χ3n) is 2.65. The topological polar surface area (TPSA) is 49.3 Å². The molecule has 0 heterocycles. The van der Waals surface area contributed by atoms with E-state index in [0.717, 1.165) is 19.3 Å². The zero-order valence-electron chi connectivity index (χ0n) is 7.85. The van der Waals surface area contributed by atoms with Gasteiger partial charge in [0.2, 0.25) is 5.91 Å². The van der Waals surface area contributed by atoms with Crippen molar-refractivity contribution in [3.05, 3.63) is 0 Å². The lowest BCUT2D eigenvalue weighted by Crippen LogP contribution is -2.54. The van der Waals surface area contributed by atoms with Gasteiger partial charge in [0.05, 0.1) is 6.61 Å². The molecule has 0 saturated heterocycles. The van der Waals surface area contributed by atoms with Gasteiger partial charge in [0.1, 0.15) is 5.00 Å². The number of halogens is 1. The molecule has 2 N–H and O–H groups in total. The van der Waals surface area contributed by atoms with Crippen LogP contribution in [0.3, 0.4) is 0 Å². The van der Waals surface area contributed by atoms with Gasteiger partial charge in [0.25, 0.3) is 0 Å². The number of aliphatic hydroxyl groups excluding tert-OH is 1. The molecule has 0 bridgehead atoms. The van der Waals surface area contributed by atoms with Crippen molar-refractivity contribution < 1.29 is 9.90 Å². The molecule has 1 amide bonds. The van der Waals surface area contributed by atoms with E-state index < -0.39 is 5.00 Å². The average molecular weight is 206 g/mol. The molecule has 1 saturated carbocycles. The van der Waals surface area contributed by atoms with Gasteiger partial charge in [-0.1, -0.05) is 24.9 Å². The maximum Gasteiger partial charge on any atom is 0.221 e.